The molecular formula is C24H25N5O2S. The number of hydrogen-bond donors (Lipinski definition) is 0. The largest absolute Gasteiger partial charge is 0.440 e. The normalized spacial score (nSPS) is 14.9. The predicted octanol–water partition coefficient (Wildman–Crippen LogP) is 4.52. The topological polar surface area (TPSA) is 77.1 Å². The van der Waals surface area contributed by atoms with Crippen molar-refractivity contribution < 1.29 is 9.21 Å². The summed E-state index contributed by atoms with van der Waals surface area (Å²) >= 11 is 1.43. The first-order valence-corrected chi connectivity index (χ1v) is 11.8. The highest BCUT2D eigenvalue weighted by Crippen LogP contribution is 2.30. The lowest BCUT2D eigenvalue weighted by Crippen LogP contribution is -2.39. The van der Waals surface area contributed by atoms with Crippen LogP contribution in [0.1, 0.15) is 35.8 Å². The Labute approximate surface area is 190 Å². The molecular weight excluding hydrogens is 422 g/mol. The third-order valence-corrected chi connectivity index (χ3v) is 7.05. The van der Waals surface area contributed by atoms with Crippen molar-refractivity contribution in [3.05, 3.63) is 65.8 Å². The molecule has 1 amide bonds. The molecule has 1 fully saturated rings. The van der Waals surface area contributed by atoms with E-state index in [1.807, 2.05) is 33.7 Å². The number of rotatable bonds is 5. The predicted molar refractivity (Wildman–Crippen MR) is 124 cm³/mol. The van der Waals surface area contributed by atoms with Crippen LogP contribution >= 0.6 is 11.8 Å². The first-order chi connectivity index (χ1) is 15.6. The lowest BCUT2D eigenvalue weighted by molar-refractivity contribution is -0.129. The average Bonchev–Trinajstić information content (AvgIpc) is 3.46. The lowest BCUT2D eigenvalue weighted by Gasteiger charge is -2.30. The van der Waals surface area contributed by atoms with Crippen LogP contribution in [0.2, 0.25) is 0 Å². The van der Waals surface area contributed by atoms with Gasteiger partial charge in [0.05, 0.1) is 5.75 Å². The summed E-state index contributed by atoms with van der Waals surface area (Å²) in [7, 11) is 0. The summed E-state index contributed by atoms with van der Waals surface area (Å²) in [5, 5.41) is 9.00. The summed E-state index contributed by atoms with van der Waals surface area (Å²) in [5.41, 5.74) is 5.18. The maximum absolute atomic E-state index is 12.8. The van der Waals surface area contributed by atoms with Crippen LogP contribution in [-0.2, 0) is 4.79 Å². The summed E-state index contributed by atoms with van der Waals surface area (Å²) in [4.78, 5) is 19.4. The summed E-state index contributed by atoms with van der Waals surface area (Å²) in [6, 6.07) is 14.1. The Morgan fingerprint density at radius 1 is 1.12 bits per heavy atom. The van der Waals surface area contributed by atoms with Crippen molar-refractivity contribution >= 4 is 28.8 Å². The number of para-hydroxylation sites is 2. The number of likely N-dealkylation sites (tertiary alicyclic amines) is 1. The van der Waals surface area contributed by atoms with Gasteiger partial charge in [-0.1, -0.05) is 30.0 Å². The highest BCUT2D eigenvalue weighted by molar-refractivity contribution is 7.99. The van der Waals surface area contributed by atoms with E-state index in [0.29, 0.717) is 18.8 Å². The van der Waals surface area contributed by atoms with Gasteiger partial charge in [-0.3, -0.25) is 9.36 Å². The number of aromatic nitrogens is 4. The minimum Gasteiger partial charge on any atom is -0.440 e. The van der Waals surface area contributed by atoms with Gasteiger partial charge in [-0.25, -0.2) is 4.98 Å². The van der Waals surface area contributed by atoms with Gasteiger partial charge in [0.2, 0.25) is 5.91 Å². The molecule has 5 rings (SSSR count). The molecule has 2 aromatic carbocycles. The maximum atomic E-state index is 12.8. The molecule has 0 unspecified atom stereocenters. The number of nitrogens with zero attached hydrogens (tertiary/aromatic N) is 5. The molecule has 1 aliphatic rings. The van der Waals surface area contributed by atoms with E-state index in [4.69, 9.17) is 4.42 Å². The number of amides is 1. The number of piperidine rings is 1. The lowest BCUT2D eigenvalue weighted by atomic mass is 9.97. The van der Waals surface area contributed by atoms with Crippen molar-refractivity contribution in [3.8, 4) is 5.69 Å². The summed E-state index contributed by atoms with van der Waals surface area (Å²) < 4.78 is 7.87. The number of carbonyl (C=O) groups is 1. The molecule has 2 aromatic heterocycles. The quantitative estimate of drug-likeness (QED) is 0.419. The van der Waals surface area contributed by atoms with E-state index < -0.39 is 0 Å². The molecule has 0 spiro atoms. The van der Waals surface area contributed by atoms with Crippen LogP contribution in [0.5, 0.6) is 0 Å². The van der Waals surface area contributed by atoms with Crippen molar-refractivity contribution in [2.45, 2.75) is 37.8 Å². The number of hydrogen-bond acceptors (Lipinski definition) is 6. The SMILES string of the molecule is Cc1ccc(-n2cnnc2SCC(=O)N2CCC(c3nc4ccccc4o3)CC2)cc1C. The Morgan fingerprint density at radius 3 is 2.72 bits per heavy atom. The van der Waals surface area contributed by atoms with Crippen molar-refractivity contribution in [2.75, 3.05) is 18.8 Å². The Bertz CT molecular complexity index is 1220. The number of fused-ring (bicyclic) bond motifs is 1. The average molecular weight is 448 g/mol. The Balaban J connectivity index is 1.18. The van der Waals surface area contributed by atoms with E-state index in [2.05, 4.69) is 47.2 Å². The number of carbonyl (C=O) groups excluding carboxylic acids is 1. The fourth-order valence-electron chi connectivity index (χ4n) is 4.03. The molecule has 0 bridgehead atoms. The minimum atomic E-state index is 0.126. The van der Waals surface area contributed by atoms with Gasteiger partial charge in [0.25, 0.3) is 0 Å². The van der Waals surface area contributed by atoms with Gasteiger partial charge in [-0.2, -0.15) is 0 Å². The second-order valence-corrected chi connectivity index (χ2v) is 9.16. The zero-order valence-corrected chi connectivity index (χ0v) is 19.0. The fraction of sp³-hybridized carbons (Fsp3) is 0.333. The van der Waals surface area contributed by atoms with Gasteiger partial charge in [-0.05, 0) is 62.1 Å². The Kier molecular flexibility index (Phi) is 5.70. The van der Waals surface area contributed by atoms with Gasteiger partial charge in [0.1, 0.15) is 11.8 Å². The zero-order chi connectivity index (χ0) is 22.1. The number of oxazole rings is 1. The van der Waals surface area contributed by atoms with E-state index in [0.717, 1.165) is 40.7 Å². The first kappa shape index (κ1) is 20.8. The molecule has 4 aromatic rings. The summed E-state index contributed by atoms with van der Waals surface area (Å²) in [6.07, 6.45) is 3.42. The van der Waals surface area contributed by atoms with E-state index >= 15 is 0 Å². The summed E-state index contributed by atoms with van der Waals surface area (Å²) in [6.45, 7) is 5.61. The van der Waals surface area contributed by atoms with Gasteiger partial charge in [0, 0.05) is 24.7 Å². The first-order valence-electron chi connectivity index (χ1n) is 10.8. The third-order valence-electron chi connectivity index (χ3n) is 6.12. The second kappa shape index (κ2) is 8.78. The van der Waals surface area contributed by atoms with E-state index in [9.17, 15) is 4.79 Å². The number of aryl methyl sites for hydroxylation is 2. The van der Waals surface area contributed by atoms with Crippen LogP contribution in [0, 0.1) is 13.8 Å². The molecule has 0 atom stereocenters. The molecule has 0 N–H and O–H groups in total. The van der Waals surface area contributed by atoms with Crippen molar-refractivity contribution in [3.63, 3.8) is 0 Å². The zero-order valence-electron chi connectivity index (χ0n) is 18.2. The van der Waals surface area contributed by atoms with Gasteiger partial charge >= 0.3 is 0 Å². The molecule has 0 saturated carbocycles. The number of thioether (sulfide) groups is 1. The van der Waals surface area contributed by atoms with E-state index in [1.54, 1.807) is 6.33 Å². The van der Waals surface area contributed by atoms with Crippen LogP contribution < -0.4 is 0 Å². The molecule has 0 radical (unpaired) electrons. The Hall–Kier alpha value is -3.13. The molecule has 1 saturated heterocycles. The fourth-order valence-corrected chi connectivity index (χ4v) is 4.87. The van der Waals surface area contributed by atoms with Gasteiger partial charge in [-0.15, -0.1) is 10.2 Å². The van der Waals surface area contributed by atoms with Crippen LogP contribution in [-0.4, -0.2) is 49.4 Å². The van der Waals surface area contributed by atoms with E-state index in [-0.39, 0.29) is 11.8 Å². The van der Waals surface area contributed by atoms with Crippen molar-refractivity contribution in [2.24, 2.45) is 0 Å². The smallest absolute Gasteiger partial charge is 0.233 e. The van der Waals surface area contributed by atoms with Gasteiger partial charge < -0.3 is 9.32 Å². The van der Waals surface area contributed by atoms with Crippen LogP contribution in [0.25, 0.3) is 16.8 Å². The van der Waals surface area contributed by atoms with Crippen LogP contribution in [0.4, 0.5) is 0 Å². The van der Waals surface area contributed by atoms with Crippen LogP contribution in [0.15, 0.2) is 58.4 Å². The standard InChI is InChI=1S/C24H25N5O2S/c1-16-7-8-19(13-17(16)2)29-15-25-27-24(29)32-14-22(30)28-11-9-18(10-12-28)23-26-20-5-3-4-6-21(20)31-23/h3-8,13,15,18H,9-12,14H2,1-2H3. The highest BCUT2D eigenvalue weighted by atomic mass is 32.2. The maximum Gasteiger partial charge on any atom is 0.233 e. The molecule has 0 aliphatic carbocycles. The van der Waals surface area contributed by atoms with Gasteiger partial charge in [0.15, 0.2) is 16.6 Å². The highest BCUT2D eigenvalue weighted by Gasteiger charge is 2.27. The van der Waals surface area contributed by atoms with Crippen LogP contribution in [0.3, 0.4) is 0 Å². The molecule has 1 aliphatic heterocycles. The van der Waals surface area contributed by atoms with E-state index in [1.165, 1.54) is 22.9 Å². The molecule has 8 heteroatoms. The minimum absolute atomic E-state index is 0.126. The monoisotopic (exact) mass is 447 g/mol. The second-order valence-electron chi connectivity index (χ2n) is 8.22. The van der Waals surface area contributed by atoms with Crippen molar-refractivity contribution in [1.29, 1.82) is 0 Å². The molecule has 164 valence electrons. The number of benzene rings is 2. The Morgan fingerprint density at radius 2 is 1.94 bits per heavy atom. The molecule has 3 heterocycles. The van der Waals surface area contributed by atoms with Crippen molar-refractivity contribution in [1.82, 2.24) is 24.6 Å². The summed E-state index contributed by atoms with van der Waals surface area (Å²) in [5.74, 6) is 1.51. The molecule has 7 nitrogen and oxygen atoms in total. The molecule has 32 heavy (non-hydrogen) atoms. The third kappa shape index (κ3) is 4.14.